The molecule has 3 nitrogen and oxygen atoms in total. The monoisotopic (exact) mass is 332 g/mol. The first kappa shape index (κ1) is 15.7. The van der Waals surface area contributed by atoms with Gasteiger partial charge in [-0.05, 0) is 36.6 Å². The van der Waals surface area contributed by atoms with E-state index in [-0.39, 0.29) is 5.63 Å². The molecule has 0 saturated carbocycles. The van der Waals surface area contributed by atoms with Crippen LogP contribution in [0.5, 0.6) is 0 Å². The van der Waals surface area contributed by atoms with Crippen LogP contribution in [0.2, 0.25) is 0 Å². The maximum Gasteiger partial charge on any atom is 0.336 e. The summed E-state index contributed by atoms with van der Waals surface area (Å²) in [5.41, 5.74) is 3.13. The summed E-state index contributed by atoms with van der Waals surface area (Å²) in [6, 6.07) is 17.5. The van der Waals surface area contributed by atoms with Crippen LogP contribution < -0.4 is 5.63 Å². The Bertz CT molecular complexity index is 1070. The quantitative estimate of drug-likeness (QED) is 0.335. The molecular weight excluding hydrogens is 312 g/mol. The van der Waals surface area contributed by atoms with E-state index in [1.165, 1.54) is 0 Å². The Balaban J connectivity index is 1.88. The van der Waals surface area contributed by atoms with Gasteiger partial charge < -0.3 is 8.83 Å². The Morgan fingerprint density at radius 3 is 2.52 bits per heavy atom. The van der Waals surface area contributed by atoms with E-state index in [4.69, 9.17) is 8.83 Å². The van der Waals surface area contributed by atoms with Gasteiger partial charge in [-0.25, -0.2) is 4.79 Å². The molecule has 0 amide bonds. The summed E-state index contributed by atoms with van der Waals surface area (Å²) in [7, 11) is 0. The van der Waals surface area contributed by atoms with Crippen LogP contribution >= 0.6 is 0 Å². The first-order valence-electron chi connectivity index (χ1n) is 8.81. The Morgan fingerprint density at radius 1 is 0.880 bits per heavy atom. The predicted octanol–water partition coefficient (Wildman–Crippen LogP) is 5.94. The maximum absolute atomic E-state index is 12.1. The Morgan fingerprint density at radius 2 is 1.72 bits per heavy atom. The number of benzene rings is 2. The second-order valence-electron chi connectivity index (χ2n) is 6.38. The molecule has 0 aliphatic carbocycles. The van der Waals surface area contributed by atoms with E-state index in [1.54, 1.807) is 6.07 Å². The lowest BCUT2D eigenvalue weighted by molar-refractivity contribution is 0.560. The van der Waals surface area contributed by atoms with E-state index in [1.807, 2.05) is 48.5 Å². The molecule has 2 aromatic heterocycles. The summed E-state index contributed by atoms with van der Waals surface area (Å²) < 4.78 is 11.5. The molecule has 0 radical (unpaired) electrons. The topological polar surface area (TPSA) is 43.4 Å². The summed E-state index contributed by atoms with van der Waals surface area (Å²) in [4.78, 5) is 12.1. The second-order valence-corrected chi connectivity index (χ2v) is 6.38. The van der Waals surface area contributed by atoms with Gasteiger partial charge in [0.25, 0.3) is 0 Å². The van der Waals surface area contributed by atoms with E-state index >= 15 is 0 Å². The van der Waals surface area contributed by atoms with Gasteiger partial charge in [0.2, 0.25) is 0 Å². The molecule has 0 aliphatic rings. The Labute approximate surface area is 145 Å². The number of hydrogen-bond acceptors (Lipinski definition) is 3. The standard InChI is InChI=1S/C22H20O3/c1-2-3-5-10-16-13-21(23)25-22-17(16)11-12-19-18(22)14-20(24-19)15-8-6-4-7-9-15/h4,6-9,11-14H,2-3,5,10H2,1H3. The van der Waals surface area contributed by atoms with Crippen molar-refractivity contribution in [3.05, 3.63) is 70.6 Å². The lowest BCUT2D eigenvalue weighted by Crippen LogP contribution is -2.01. The molecule has 126 valence electrons. The third-order valence-corrected chi connectivity index (χ3v) is 4.60. The van der Waals surface area contributed by atoms with Crippen LogP contribution in [-0.2, 0) is 6.42 Å². The Kier molecular flexibility index (Phi) is 4.14. The SMILES string of the molecule is CCCCCc1cc(=O)oc2c1ccc1oc(-c3ccccc3)cc12. The van der Waals surface area contributed by atoms with Crippen LogP contribution in [0.15, 0.2) is 68.2 Å². The minimum absolute atomic E-state index is 0.297. The lowest BCUT2D eigenvalue weighted by atomic mass is 10.0. The maximum atomic E-state index is 12.1. The highest BCUT2D eigenvalue weighted by Crippen LogP contribution is 2.33. The van der Waals surface area contributed by atoms with Crippen LogP contribution in [0.3, 0.4) is 0 Å². The van der Waals surface area contributed by atoms with Crippen molar-refractivity contribution >= 4 is 21.9 Å². The minimum Gasteiger partial charge on any atom is -0.456 e. The normalized spacial score (nSPS) is 11.4. The highest BCUT2D eigenvalue weighted by Gasteiger charge is 2.13. The molecule has 0 spiro atoms. The average molecular weight is 332 g/mol. The van der Waals surface area contributed by atoms with Gasteiger partial charge in [0.15, 0.2) is 0 Å². The predicted molar refractivity (Wildman–Crippen MR) is 101 cm³/mol. The number of furan rings is 1. The molecule has 0 fully saturated rings. The number of aryl methyl sites for hydroxylation is 1. The average Bonchev–Trinajstić information content (AvgIpc) is 3.07. The highest BCUT2D eigenvalue weighted by atomic mass is 16.4. The molecule has 2 heterocycles. The Hall–Kier alpha value is -2.81. The van der Waals surface area contributed by atoms with Gasteiger partial charge in [-0.2, -0.15) is 0 Å². The van der Waals surface area contributed by atoms with E-state index < -0.39 is 0 Å². The van der Waals surface area contributed by atoms with Crippen molar-refractivity contribution in [2.24, 2.45) is 0 Å². The fourth-order valence-corrected chi connectivity index (χ4v) is 3.32. The third-order valence-electron chi connectivity index (χ3n) is 4.60. The van der Waals surface area contributed by atoms with Crippen molar-refractivity contribution in [1.29, 1.82) is 0 Å². The van der Waals surface area contributed by atoms with Crippen molar-refractivity contribution in [3.63, 3.8) is 0 Å². The molecular formula is C22H20O3. The van der Waals surface area contributed by atoms with Gasteiger partial charge in [0.05, 0.1) is 5.39 Å². The van der Waals surface area contributed by atoms with Crippen molar-refractivity contribution < 1.29 is 8.83 Å². The van der Waals surface area contributed by atoms with E-state index in [0.717, 1.165) is 58.9 Å². The van der Waals surface area contributed by atoms with Gasteiger partial charge in [-0.1, -0.05) is 50.1 Å². The number of hydrogen-bond donors (Lipinski definition) is 0. The summed E-state index contributed by atoms with van der Waals surface area (Å²) in [5.74, 6) is 0.780. The molecule has 0 N–H and O–H groups in total. The molecule has 4 rings (SSSR count). The van der Waals surface area contributed by atoms with Gasteiger partial charge in [0, 0.05) is 17.0 Å². The summed E-state index contributed by atoms with van der Waals surface area (Å²) in [6.45, 7) is 2.18. The fraction of sp³-hybridized carbons (Fsp3) is 0.227. The van der Waals surface area contributed by atoms with E-state index in [9.17, 15) is 4.79 Å². The molecule has 0 unspecified atom stereocenters. The summed E-state index contributed by atoms with van der Waals surface area (Å²) in [6.07, 6.45) is 4.29. The first-order valence-corrected chi connectivity index (χ1v) is 8.81. The zero-order chi connectivity index (χ0) is 17.2. The zero-order valence-corrected chi connectivity index (χ0v) is 14.2. The van der Waals surface area contributed by atoms with Gasteiger partial charge in [-0.3, -0.25) is 0 Å². The highest BCUT2D eigenvalue weighted by molar-refractivity contribution is 6.04. The fourth-order valence-electron chi connectivity index (χ4n) is 3.32. The number of rotatable bonds is 5. The molecule has 0 atom stereocenters. The van der Waals surface area contributed by atoms with E-state index in [2.05, 4.69) is 6.92 Å². The molecule has 0 saturated heterocycles. The van der Waals surface area contributed by atoms with Gasteiger partial charge in [0.1, 0.15) is 16.9 Å². The molecule has 4 aromatic rings. The van der Waals surface area contributed by atoms with Crippen LogP contribution in [0, 0.1) is 0 Å². The van der Waals surface area contributed by atoms with Crippen LogP contribution in [0.25, 0.3) is 33.3 Å². The van der Waals surface area contributed by atoms with Crippen LogP contribution in [0.4, 0.5) is 0 Å². The zero-order valence-electron chi connectivity index (χ0n) is 14.2. The molecule has 25 heavy (non-hydrogen) atoms. The minimum atomic E-state index is -0.297. The summed E-state index contributed by atoms with van der Waals surface area (Å²) >= 11 is 0. The molecule has 2 aromatic carbocycles. The van der Waals surface area contributed by atoms with Crippen molar-refractivity contribution in [2.45, 2.75) is 32.6 Å². The summed E-state index contributed by atoms with van der Waals surface area (Å²) in [5, 5.41) is 1.86. The smallest absolute Gasteiger partial charge is 0.336 e. The largest absolute Gasteiger partial charge is 0.456 e. The number of unbranched alkanes of at least 4 members (excludes halogenated alkanes) is 2. The van der Waals surface area contributed by atoms with Crippen molar-refractivity contribution in [3.8, 4) is 11.3 Å². The number of fused-ring (bicyclic) bond motifs is 3. The van der Waals surface area contributed by atoms with Crippen molar-refractivity contribution in [2.75, 3.05) is 0 Å². The molecule has 3 heteroatoms. The van der Waals surface area contributed by atoms with Gasteiger partial charge in [-0.15, -0.1) is 0 Å². The third kappa shape index (κ3) is 2.98. The van der Waals surface area contributed by atoms with Crippen LogP contribution in [0.1, 0.15) is 31.7 Å². The van der Waals surface area contributed by atoms with Gasteiger partial charge >= 0.3 is 5.63 Å². The molecule has 0 bridgehead atoms. The van der Waals surface area contributed by atoms with Crippen LogP contribution in [-0.4, -0.2) is 0 Å². The lowest BCUT2D eigenvalue weighted by Gasteiger charge is -2.05. The first-order chi connectivity index (χ1) is 12.3. The second kappa shape index (κ2) is 6.60. The molecule has 0 aliphatic heterocycles. The van der Waals surface area contributed by atoms with Crippen molar-refractivity contribution in [1.82, 2.24) is 0 Å². The van der Waals surface area contributed by atoms with E-state index in [0.29, 0.717) is 5.58 Å².